The average molecular weight is 489 g/mol. The first kappa shape index (κ1) is 24.1. The summed E-state index contributed by atoms with van der Waals surface area (Å²) in [6.45, 7) is 2.32. The van der Waals surface area contributed by atoms with Crippen LogP contribution >= 0.6 is 0 Å². The maximum absolute atomic E-state index is 13.7. The molecule has 5 rings (SSSR count). The van der Waals surface area contributed by atoms with E-state index in [2.05, 4.69) is 10.3 Å². The maximum Gasteiger partial charge on any atom is 0.325 e. The molecule has 0 saturated carbocycles. The van der Waals surface area contributed by atoms with Crippen molar-refractivity contribution in [2.75, 3.05) is 25.5 Å². The Bertz CT molecular complexity index is 1310. The van der Waals surface area contributed by atoms with Gasteiger partial charge in [0, 0.05) is 55.9 Å². The van der Waals surface area contributed by atoms with E-state index in [1.807, 2.05) is 74.4 Å². The molecule has 8 heteroatoms. The topological polar surface area (TPSA) is 106 Å². The molecule has 36 heavy (non-hydrogen) atoms. The predicted molar refractivity (Wildman–Crippen MR) is 138 cm³/mol. The molecular weight excluding hydrogens is 456 g/mol. The van der Waals surface area contributed by atoms with Crippen molar-refractivity contribution in [3.63, 3.8) is 0 Å². The van der Waals surface area contributed by atoms with Crippen LogP contribution in [0.4, 0.5) is 5.69 Å². The SMILES string of the molecule is CCCCN1C(=O)C2C(c3ccc(N(C)C)cc3)NC(Cc3c[nH]c4ccccc34)(C(=O)O)C2C1=O. The number of benzene rings is 2. The third-order valence-electron chi connectivity index (χ3n) is 7.78. The van der Waals surface area contributed by atoms with E-state index in [4.69, 9.17) is 0 Å². The van der Waals surface area contributed by atoms with Gasteiger partial charge in [-0.2, -0.15) is 0 Å². The van der Waals surface area contributed by atoms with Gasteiger partial charge in [-0.1, -0.05) is 43.7 Å². The first-order valence-electron chi connectivity index (χ1n) is 12.5. The zero-order valence-electron chi connectivity index (χ0n) is 20.8. The van der Waals surface area contributed by atoms with Gasteiger partial charge in [-0.15, -0.1) is 0 Å². The fourth-order valence-electron chi connectivity index (χ4n) is 5.88. The number of rotatable bonds is 8. The van der Waals surface area contributed by atoms with Gasteiger partial charge in [-0.3, -0.25) is 24.6 Å². The van der Waals surface area contributed by atoms with Crippen molar-refractivity contribution in [1.82, 2.24) is 15.2 Å². The molecule has 3 heterocycles. The molecule has 2 aliphatic heterocycles. The van der Waals surface area contributed by atoms with Crippen molar-refractivity contribution >= 4 is 34.4 Å². The number of imide groups is 1. The van der Waals surface area contributed by atoms with E-state index in [1.165, 1.54) is 4.90 Å². The van der Waals surface area contributed by atoms with E-state index >= 15 is 0 Å². The molecule has 1 aromatic heterocycles. The summed E-state index contributed by atoms with van der Waals surface area (Å²) in [5, 5.41) is 14.9. The van der Waals surface area contributed by atoms with E-state index in [0.717, 1.165) is 34.1 Å². The van der Waals surface area contributed by atoms with Crippen LogP contribution in [0.25, 0.3) is 10.9 Å². The average Bonchev–Trinajstić information content (AvgIpc) is 3.51. The normalized spacial score (nSPS) is 25.5. The van der Waals surface area contributed by atoms with Crippen molar-refractivity contribution in [1.29, 1.82) is 0 Å². The summed E-state index contributed by atoms with van der Waals surface area (Å²) in [6, 6.07) is 14.8. The van der Waals surface area contributed by atoms with E-state index in [1.54, 1.807) is 6.20 Å². The number of fused-ring (bicyclic) bond motifs is 2. The number of carbonyl (C=O) groups is 3. The minimum atomic E-state index is -1.62. The number of likely N-dealkylation sites (tertiary alicyclic amines) is 1. The lowest BCUT2D eigenvalue weighted by atomic mass is 9.76. The van der Waals surface area contributed by atoms with Crippen LogP contribution in [0.5, 0.6) is 0 Å². The Morgan fingerprint density at radius 1 is 1.08 bits per heavy atom. The first-order chi connectivity index (χ1) is 17.3. The molecule has 8 nitrogen and oxygen atoms in total. The number of para-hydroxylation sites is 1. The van der Waals surface area contributed by atoms with Crippen molar-refractivity contribution in [3.05, 3.63) is 65.9 Å². The van der Waals surface area contributed by atoms with Gasteiger partial charge >= 0.3 is 5.97 Å². The summed E-state index contributed by atoms with van der Waals surface area (Å²) in [7, 11) is 3.89. The van der Waals surface area contributed by atoms with Crippen LogP contribution in [0.2, 0.25) is 0 Å². The van der Waals surface area contributed by atoms with Crippen molar-refractivity contribution in [2.45, 2.75) is 37.8 Å². The Balaban J connectivity index is 1.61. The van der Waals surface area contributed by atoms with Crippen molar-refractivity contribution in [3.8, 4) is 0 Å². The lowest BCUT2D eigenvalue weighted by Gasteiger charge is -2.31. The third-order valence-corrected chi connectivity index (χ3v) is 7.78. The summed E-state index contributed by atoms with van der Waals surface area (Å²) in [4.78, 5) is 46.9. The van der Waals surface area contributed by atoms with Gasteiger partial charge < -0.3 is 15.0 Å². The fraction of sp³-hybridized carbons (Fsp3) is 0.393. The second-order valence-electron chi connectivity index (χ2n) is 10.1. The summed E-state index contributed by atoms with van der Waals surface area (Å²) < 4.78 is 0. The highest BCUT2D eigenvalue weighted by Crippen LogP contribution is 2.50. The number of aliphatic carboxylic acids is 1. The molecule has 0 aliphatic carbocycles. The number of amides is 2. The van der Waals surface area contributed by atoms with E-state index in [-0.39, 0.29) is 18.2 Å². The number of hydrogen-bond acceptors (Lipinski definition) is 5. The quantitative estimate of drug-likeness (QED) is 0.420. The smallest absolute Gasteiger partial charge is 0.325 e. The van der Waals surface area contributed by atoms with Crippen molar-refractivity contribution in [2.24, 2.45) is 11.8 Å². The molecule has 2 fully saturated rings. The molecule has 0 spiro atoms. The minimum Gasteiger partial charge on any atom is -0.480 e. The highest BCUT2D eigenvalue weighted by Gasteiger charge is 2.68. The van der Waals surface area contributed by atoms with Gasteiger partial charge in [0.25, 0.3) is 0 Å². The molecule has 0 bridgehead atoms. The first-order valence-corrected chi connectivity index (χ1v) is 12.5. The minimum absolute atomic E-state index is 0.0838. The molecule has 2 saturated heterocycles. The van der Waals surface area contributed by atoms with Gasteiger partial charge in [0.2, 0.25) is 11.8 Å². The van der Waals surface area contributed by atoms with Gasteiger partial charge in [0.15, 0.2) is 0 Å². The molecule has 3 N–H and O–H groups in total. The number of hydrogen-bond donors (Lipinski definition) is 3. The molecule has 4 unspecified atom stereocenters. The second-order valence-corrected chi connectivity index (χ2v) is 10.1. The number of aromatic amines is 1. The fourth-order valence-corrected chi connectivity index (χ4v) is 5.88. The van der Waals surface area contributed by atoms with Gasteiger partial charge in [0.1, 0.15) is 5.54 Å². The highest BCUT2D eigenvalue weighted by atomic mass is 16.4. The summed E-state index contributed by atoms with van der Waals surface area (Å²) in [5.74, 6) is -3.56. The lowest BCUT2D eigenvalue weighted by molar-refractivity contribution is -0.151. The number of carboxylic acids is 1. The summed E-state index contributed by atoms with van der Waals surface area (Å²) in [5.41, 5.74) is 1.88. The van der Waals surface area contributed by atoms with Crippen LogP contribution in [-0.4, -0.2) is 59.0 Å². The van der Waals surface area contributed by atoms with Crippen LogP contribution in [-0.2, 0) is 20.8 Å². The molecule has 3 aromatic rings. The summed E-state index contributed by atoms with van der Waals surface area (Å²) in [6.07, 6.45) is 3.41. The molecule has 0 radical (unpaired) electrons. The number of carbonyl (C=O) groups excluding carboxylic acids is 2. The zero-order valence-corrected chi connectivity index (χ0v) is 20.8. The number of nitrogens with zero attached hydrogens (tertiary/aromatic N) is 2. The predicted octanol–water partition coefficient (Wildman–Crippen LogP) is 3.35. The van der Waals surface area contributed by atoms with Gasteiger partial charge in [-0.05, 0) is 35.7 Å². The standard InChI is InChI=1S/C28H32N4O4/c1-4-5-14-32-25(33)22-23(26(32)34)28(27(35)36,15-18-16-29-21-9-7-6-8-20(18)21)30-24(22)17-10-12-19(13-11-17)31(2)3/h6-13,16,22-24,29-30H,4-5,14-15H2,1-3H3,(H,35,36). The van der Waals surface area contributed by atoms with E-state index in [0.29, 0.717) is 13.0 Å². The van der Waals surface area contributed by atoms with Gasteiger partial charge in [-0.25, -0.2) is 0 Å². The number of anilines is 1. The third kappa shape index (κ3) is 3.67. The Morgan fingerprint density at radius 2 is 1.81 bits per heavy atom. The van der Waals surface area contributed by atoms with Crippen molar-refractivity contribution < 1.29 is 19.5 Å². The van der Waals surface area contributed by atoms with Crippen LogP contribution in [0.15, 0.2) is 54.7 Å². The second kappa shape index (κ2) is 9.09. The number of aromatic nitrogens is 1. The van der Waals surface area contributed by atoms with Crippen LogP contribution in [0, 0.1) is 11.8 Å². The Morgan fingerprint density at radius 3 is 2.47 bits per heavy atom. The highest BCUT2D eigenvalue weighted by molar-refractivity contribution is 6.09. The zero-order chi connectivity index (χ0) is 25.6. The largest absolute Gasteiger partial charge is 0.480 e. The molecule has 2 amide bonds. The maximum atomic E-state index is 13.7. The monoisotopic (exact) mass is 488 g/mol. The van der Waals surface area contributed by atoms with Gasteiger partial charge in [0.05, 0.1) is 11.8 Å². The van der Waals surface area contributed by atoms with Crippen LogP contribution < -0.4 is 10.2 Å². The van der Waals surface area contributed by atoms with E-state index in [9.17, 15) is 19.5 Å². The lowest BCUT2D eigenvalue weighted by Crippen LogP contribution is -2.57. The molecule has 2 aliphatic rings. The Labute approximate surface area is 210 Å². The Kier molecular flexibility index (Phi) is 6.08. The number of nitrogens with one attached hydrogen (secondary N) is 2. The molecular formula is C28H32N4O4. The van der Waals surface area contributed by atoms with Crippen LogP contribution in [0.3, 0.4) is 0 Å². The molecule has 4 atom stereocenters. The molecule has 188 valence electrons. The number of carboxylic acid groups (broad SMARTS) is 1. The van der Waals surface area contributed by atoms with E-state index < -0.39 is 29.4 Å². The summed E-state index contributed by atoms with van der Waals surface area (Å²) >= 11 is 0. The number of unbranched alkanes of at least 4 members (excludes halogenated alkanes) is 1. The van der Waals surface area contributed by atoms with Crippen LogP contribution in [0.1, 0.15) is 36.9 Å². The molecule has 2 aromatic carbocycles. The number of H-pyrrole nitrogens is 1. The Hall–Kier alpha value is -3.65.